The van der Waals surface area contributed by atoms with E-state index in [1.54, 1.807) is 6.20 Å². The van der Waals surface area contributed by atoms with Gasteiger partial charge in [0.15, 0.2) is 5.65 Å². The fourth-order valence-corrected chi connectivity index (χ4v) is 3.69. The Labute approximate surface area is 130 Å². The summed E-state index contributed by atoms with van der Waals surface area (Å²) in [5.41, 5.74) is 3.94. The molecule has 4 rings (SSSR count). The van der Waals surface area contributed by atoms with Crippen LogP contribution in [0.15, 0.2) is 12.4 Å². The number of rotatable bonds is 1. The Morgan fingerprint density at radius 3 is 2.59 bits per heavy atom. The van der Waals surface area contributed by atoms with E-state index >= 15 is 0 Å². The van der Waals surface area contributed by atoms with Crippen LogP contribution in [0.1, 0.15) is 60.1 Å². The fraction of sp³-hybridized carbons (Fsp3) is 0.588. The first kappa shape index (κ1) is 13.7. The maximum absolute atomic E-state index is 12.7. The van der Waals surface area contributed by atoms with Crippen molar-refractivity contribution in [1.29, 1.82) is 0 Å². The highest BCUT2D eigenvalue weighted by Gasteiger charge is 2.23. The van der Waals surface area contributed by atoms with Crippen molar-refractivity contribution in [2.75, 3.05) is 13.1 Å². The van der Waals surface area contributed by atoms with Crippen LogP contribution in [0.5, 0.6) is 0 Å². The number of aromatic nitrogens is 3. The molecule has 0 unspecified atom stereocenters. The first-order chi connectivity index (χ1) is 10.8. The molecule has 2 aromatic heterocycles. The first-order valence-electron chi connectivity index (χ1n) is 8.48. The van der Waals surface area contributed by atoms with Gasteiger partial charge < -0.3 is 4.90 Å². The van der Waals surface area contributed by atoms with Crippen molar-refractivity contribution in [2.24, 2.45) is 0 Å². The molecule has 116 valence electrons. The predicted octanol–water partition coefficient (Wildman–Crippen LogP) is 2.62. The van der Waals surface area contributed by atoms with E-state index in [0.717, 1.165) is 44.4 Å². The summed E-state index contributed by atoms with van der Waals surface area (Å²) in [6.45, 7) is 1.72. The van der Waals surface area contributed by atoms with Crippen molar-refractivity contribution >= 4 is 11.6 Å². The van der Waals surface area contributed by atoms with Gasteiger partial charge in [0.05, 0.1) is 6.20 Å². The van der Waals surface area contributed by atoms with E-state index in [4.69, 9.17) is 0 Å². The van der Waals surface area contributed by atoms with E-state index in [2.05, 4.69) is 10.1 Å². The van der Waals surface area contributed by atoms with Crippen molar-refractivity contribution in [3.05, 3.63) is 29.2 Å². The largest absolute Gasteiger partial charge is 0.338 e. The Morgan fingerprint density at radius 2 is 1.73 bits per heavy atom. The molecule has 0 saturated carbocycles. The van der Waals surface area contributed by atoms with Gasteiger partial charge in [-0.1, -0.05) is 6.42 Å². The normalized spacial score (nSPS) is 19.0. The average Bonchev–Trinajstić information content (AvgIpc) is 2.85. The number of nitrogens with zero attached hydrogens (tertiary/aromatic N) is 4. The molecule has 0 spiro atoms. The second-order valence-electron chi connectivity index (χ2n) is 6.44. The zero-order valence-corrected chi connectivity index (χ0v) is 12.9. The van der Waals surface area contributed by atoms with E-state index in [0.29, 0.717) is 5.56 Å². The minimum atomic E-state index is 0.0933. The first-order valence-corrected chi connectivity index (χ1v) is 8.48. The van der Waals surface area contributed by atoms with E-state index < -0.39 is 0 Å². The zero-order valence-electron chi connectivity index (χ0n) is 12.9. The molecular weight excluding hydrogens is 276 g/mol. The maximum Gasteiger partial charge on any atom is 0.259 e. The third kappa shape index (κ3) is 2.28. The summed E-state index contributed by atoms with van der Waals surface area (Å²) < 4.78 is 1.91. The van der Waals surface area contributed by atoms with Crippen LogP contribution in [0.3, 0.4) is 0 Å². The molecule has 0 aromatic carbocycles. The van der Waals surface area contributed by atoms with Crippen LogP contribution in [-0.2, 0) is 12.8 Å². The maximum atomic E-state index is 12.7. The van der Waals surface area contributed by atoms with Crippen molar-refractivity contribution in [3.8, 4) is 0 Å². The van der Waals surface area contributed by atoms with Gasteiger partial charge in [-0.3, -0.25) is 4.79 Å². The number of aryl methyl sites for hydroxylation is 2. The van der Waals surface area contributed by atoms with E-state index in [1.165, 1.54) is 36.9 Å². The highest BCUT2D eigenvalue weighted by molar-refractivity contribution is 5.99. The third-order valence-corrected chi connectivity index (χ3v) is 4.95. The van der Waals surface area contributed by atoms with Gasteiger partial charge in [0.1, 0.15) is 5.56 Å². The molecule has 1 aliphatic heterocycles. The monoisotopic (exact) mass is 298 g/mol. The molecule has 1 aliphatic carbocycles. The number of carbonyl (C=O) groups excluding carboxylic acids is 1. The summed E-state index contributed by atoms with van der Waals surface area (Å²) in [6.07, 6.45) is 12.9. The second-order valence-corrected chi connectivity index (χ2v) is 6.44. The van der Waals surface area contributed by atoms with Crippen molar-refractivity contribution in [3.63, 3.8) is 0 Å². The lowest BCUT2D eigenvalue weighted by Gasteiger charge is -2.26. The van der Waals surface area contributed by atoms with Gasteiger partial charge in [0, 0.05) is 25.0 Å². The standard InChI is InChI=1S/C17H22N4O/c22-17(20-9-5-2-6-10-20)14-12-19-21-15-8-4-1-3-7-13(15)11-18-16(14)21/h11-12H,1-10H2. The molecule has 1 amide bonds. The number of amides is 1. The van der Waals surface area contributed by atoms with E-state index in [1.807, 2.05) is 15.6 Å². The van der Waals surface area contributed by atoms with Crippen LogP contribution in [0, 0.1) is 0 Å². The second kappa shape index (κ2) is 5.71. The van der Waals surface area contributed by atoms with Crippen LogP contribution in [-0.4, -0.2) is 38.5 Å². The van der Waals surface area contributed by atoms with Crippen molar-refractivity contribution < 1.29 is 4.79 Å². The smallest absolute Gasteiger partial charge is 0.259 e. The minimum absolute atomic E-state index is 0.0933. The molecule has 0 N–H and O–H groups in total. The number of hydrogen-bond donors (Lipinski definition) is 0. The van der Waals surface area contributed by atoms with Crippen molar-refractivity contribution in [2.45, 2.75) is 51.4 Å². The topological polar surface area (TPSA) is 50.5 Å². The van der Waals surface area contributed by atoms with Gasteiger partial charge in [0.25, 0.3) is 5.91 Å². The van der Waals surface area contributed by atoms with Gasteiger partial charge in [-0.25, -0.2) is 9.50 Å². The molecule has 0 bridgehead atoms. The molecule has 1 saturated heterocycles. The van der Waals surface area contributed by atoms with Gasteiger partial charge in [-0.2, -0.15) is 5.10 Å². The molecule has 22 heavy (non-hydrogen) atoms. The number of piperidine rings is 1. The Hall–Kier alpha value is -1.91. The predicted molar refractivity (Wildman–Crippen MR) is 84.0 cm³/mol. The fourth-order valence-electron chi connectivity index (χ4n) is 3.69. The zero-order chi connectivity index (χ0) is 14.9. The average molecular weight is 298 g/mol. The van der Waals surface area contributed by atoms with Crippen LogP contribution in [0.25, 0.3) is 5.65 Å². The lowest BCUT2D eigenvalue weighted by Crippen LogP contribution is -2.35. The molecule has 2 aromatic rings. The Bertz CT molecular complexity index is 700. The minimum Gasteiger partial charge on any atom is -0.338 e. The summed E-state index contributed by atoms with van der Waals surface area (Å²) >= 11 is 0. The van der Waals surface area contributed by atoms with Crippen LogP contribution < -0.4 is 0 Å². The Morgan fingerprint density at radius 1 is 0.955 bits per heavy atom. The van der Waals surface area contributed by atoms with E-state index in [9.17, 15) is 4.79 Å². The highest BCUT2D eigenvalue weighted by atomic mass is 16.2. The van der Waals surface area contributed by atoms with Crippen LogP contribution in [0.2, 0.25) is 0 Å². The lowest BCUT2D eigenvalue weighted by atomic mass is 10.1. The molecule has 5 nitrogen and oxygen atoms in total. The van der Waals surface area contributed by atoms with Gasteiger partial charge in [0.2, 0.25) is 0 Å². The summed E-state index contributed by atoms with van der Waals surface area (Å²) in [7, 11) is 0. The van der Waals surface area contributed by atoms with E-state index in [-0.39, 0.29) is 5.91 Å². The summed E-state index contributed by atoms with van der Waals surface area (Å²) in [4.78, 5) is 19.3. The molecular formula is C17H22N4O. The Balaban J connectivity index is 1.73. The number of carbonyl (C=O) groups is 1. The molecule has 1 fully saturated rings. The summed E-state index contributed by atoms with van der Waals surface area (Å²) in [5.74, 6) is 0.0933. The summed E-state index contributed by atoms with van der Waals surface area (Å²) in [5, 5.41) is 4.50. The molecule has 2 aliphatic rings. The number of fused-ring (bicyclic) bond motifs is 3. The Kier molecular flexibility index (Phi) is 3.56. The highest BCUT2D eigenvalue weighted by Crippen LogP contribution is 2.23. The molecule has 3 heterocycles. The van der Waals surface area contributed by atoms with Crippen molar-refractivity contribution in [1.82, 2.24) is 19.5 Å². The lowest BCUT2D eigenvalue weighted by molar-refractivity contribution is 0.0726. The third-order valence-electron chi connectivity index (χ3n) is 4.95. The molecule has 0 atom stereocenters. The van der Waals surface area contributed by atoms with Gasteiger partial charge in [-0.05, 0) is 50.5 Å². The summed E-state index contributed by atoms with van der Waals surface area (Å²) in [6, 6.07) is 0. The number of likely N-dealkylation sites (tertiary alicyclic amines) is 1. The quantitative estimate of drug-likeness (QED) is 0.760. The van der Waals surface area contributed by atoms with Gasteiger partial charge in [-0.15, -0.1) is 0 Å². The van der Waals surface area contributed by atoms with Crippen LogP contribution >= 0.6 is 0 Å². The van der Waals surface area contributed by atoms with Gasteiger partial charge >= 0.3 is 0 Å². The molecule has 5 heteroatoms. The molecule has 0 radical (unpaired) electrons. The van der Waals surface area contributed by atoms with Crippen LogP contribution in [0.4, 0.5) is 0 Å². The SMILES string of the molecule is O=C(c1cnn2c3c(cnc12)CCCCC3)N1CCCCC1. The number of hydrogen-bond acceptors (Lipinski definition) is 3.